The molecule has 0 saturated carbocycles. The van der Waals surface area contributed by atoms with Gasteiger partial charge in [0.25, 0.3) is 0 Å². The summed E-state index contributed by atoms with van der Waals surface area (Å²) in [7, 11) is 0. The minimum atomic E-state index is 1.09. The van der Waals surface area contributed by atoms with Crippen molar-refractivity contribution in [1.29, 1.82) is 0 Å². The van der Waals surface area contributed by atoms with Crippen LogP contribution in [0.1, 0.15) is 0 Å². The molecule has 0 aliphatic heterocycles. The highest BCUT2D eigenvalue weighted by Gasteiger charge is 2.20. The van der Waals surface area contributed by atoms with E-state index in [2.05, 4.69) is 228 Å². The number of nitrogens with zero attached hydrogens (tertiary/aromatic N) is 2. The van der Waals surface area contributed by atoms with Crippen LogP contribution in [-0.2, 0) is 0 Å². The molecule has 0 spiro atoms. The zero-order valence-corrected chi connectivity index (χ0v) is 29.7. The summed E-state index contributed by atoms with van der Waals surface area (Å²) in [6.07, 6.45) is 0. The van der Waals surface area contributed by atoms with Crippen LogP contribution in [0.15, 0.2) is 218 Å². The van der Waals surface area contributed by atoms with Crippen LogP contribution < -0.4 is 4.90 Å². The van der Waals surface area contributed by atoms with Crippen molar-refractivity contribution in [3.63, 3.8) is 0 Å². The molecule has 2 nitrogen and oxygen atoms in total. The van der Waals surface area contributed by atoms with Gasteiger partial charge < -0.3 is 9.47 Å². The van der Waals surface area contributed by atoms with Crippen molar-refractivity contribution in [2.24, 2.45) is 0 Å². The smallest absolute Gasteiger partial charge is 0.0547 e. The van der Waals surface area contributed by atoms with Gasteiger partial charge in [0.15, 0.2) is 0 Å². The number of hydrogen-bond acceptors (Lipinski definition) is 1. The summed E-state index contributed by atoms with van der Waals surface area (Å²) < 4.78 is 2.45. The lowest BCUT2D eigenvalue weighted by molar-refractivity contribution is 1.19. The Balaban J connectivity index is 1.17. The summed E-state index contributed by atoms with van der Waals surface area (Å²) in [5.74, 6) is 0. The third-order valence-corrected chi connectivity index (χ3v) is 10.6. The van der Waals surface area contributed by atoms with E-state index in [9.17, 15) is 0 Å². The van der Waals surface area contributed by atoms with Crippen LogP contribution in [-0.4, -0.2) is 4.57 Å². The quantitative estimate of drug-likeness (QED) is 0.162. The maximum atomic E-state index is 2.45. The van der Waals surface area contributed by atoms with E-state index in [1.165, 1.54) is 60.4 Å². The molecule has 1 heterocycles. The Morgan fingerprint density at radius 2 is 0.759 bits per heavy atom. The van der Waals surface area contributed by atoms with Crippen molar-refractivity contribution in [2.75, 3.05) is 4.90 Å². The molecule has 9 aromatic carbocycles. The van der Waals surface area contributed by atoms with Crippen LogP contribution in [0.2, 0.25) is 0 Å². The molecule has 54 heavy (non-hydrogen) atoms. The lowest BCUT2D eigenvalue weighted by Crippen LogP contribution is -2.10. The van der Waals surface area contributed by atoms with Gasteiger partial charge in [-0.25, -0.2) is 0 Å². The maximum absolute atomic E-state index is 2.45. The van der Waals surface area contributed by atoms with E-state index in [1.54, 1.807) is 0 Å². The van der Waals surface area contributed by atoms with E-state index >= 15 is 0 Å². The van der Waals surface area contributed by atoms with Gasteiger partial charge in [-0.1, -0.05) is 164 Å². The fourth-order valence-corrected chi connectivity index (χ4v) is 8.05. The average Bonchev–Trinajstić information content (AvgIpc) is 3.59. The maximum Gasteiger partial charge on any atom is 0.0547 e. The molecule has 1 aromatic heterocycles. The Bertz CT molecular complexity index is 2770. The predicted molar refractivity (Wildman–Crippen MR) is 229 cm³/mol. The monoisotopic (exact) mass is 688 g/mol. The molecule has 0 radical (unpaired) electrons. The number of aromatic nitrogens is 1. The third-order valence-electron chi connectivity index (χ3n) is 10.6. The van der Waals surface area contributed by atoms with Crippen LogP contribution in [0, 0.1) is 0 Å². The minimum absolute atomic E-state index is 1.09. The Morgan fingerprint density at radius 1 is 0.296 bits per heavy atom. The second-order valence-electron chi connectivity index (χ2n) is 13.8. The summed E-state index contributed by atoms with van der Waals surface area (Å²) in [6.45, 7) is 0. The predicted octanol–water partition coefficient (Wildman–Crippen LogP) is 14.4. The topological polar surface area (TPSA) is 8.17 Å². The molecule has 0 amide bonds. The Kier molecular flexibility index (Phi) is 7.85. The molecule has 2 heteroatoms. The fraction of sp³-hybridized carbons (Fsp3) is 0. The SMILES string of the molecule is c1ccc(-c2ccc(N(c3ccc(-c4ccccc4)cc3)c3cccc(-c4c(-n5c6ccccc6c6ccccc65)ccc5ccccc45)c3)cc2)cc1. The number of hydrogen-bond donors (Lipinski definition) is 0. The van der Waals surface area contributed by atoms with Gasteiger partial charge in [-0.15, -0.1) is 0 Å². The number of rotatable bonds is 7. The van der Waals surface area contributed by atoms with Crippen LogP contribution >= 0.6 is 0 Å². The van der Waals surface area contributed by atoms with Gasteiger partial charge in [0.05, 0.1) is 16.7 Å². The minimum Gasteiger partial charge on any atom is -0.310 e. The van der Waals surface area contributed by atoms with E-state index < -0.39 is 0 Å². The van der Waals surface area contributed by atoms with Crippen LogP contribution in [0.25, 0.3) is 71.6 Å². The first-order valence-electron chi connectivity index (χ1n) is 18.5. The Hall–Kier alpha value is -7.16. The molecule has 0 aliphatic rings. The fourth-order valence-electron chi connectivity index (χ4n) is 8.05. The van der Waals surface area contributed by atoms with Gasteiger partial charge in [-0.05, 0) is 93.2 Å². The third kappa shape index (κ3) is 5.53. The average molecular weight is 689 g/mol. The van der Waals surface area contributed by atoms with Crippen LogP contribution in [0.5, 0.6) is 0 Å². The van der Waals surface area contributed by atoms with Gasteiger partial charge in [0.1, 0.15) is 0 Å². The van der Waals surface area contributed by atoms with E-state index in [-0.39, 0.29) is 0 Å². The Morgan fingerprint density at radius 3 is 1.33 bits per heavy atom. The summed E-state index contributed by atoms with van der Waals surface area (Å²) in [6, 6.07) is 78.9. The van der Waals surface area contributed by atoms with Crippen LogP contribution in [0.4, 0.5) is 17.1 Å². The largest absolute Gasteiger partial charge is 0.310 e. The summed E-state index contributed by atoms with van der Waals surface area (Å²) in [5.41, 5.74) is 14.0. The normalized spacial score (nSPS) is 11.3. The number of fused-ring (bicyclic) bond motifs is 4. The first-order chi connectivity index (χ1) is 26.8. The molecular formula is C52H36N2. The molecule has 0 bridgehead atoms. The first-order valence-corrected chi connectivity index (χ1v) is 18.5. The molecule has 10 aromatic rings. The van der Waals surface area contributed by atoms with Gasteiger partial charge in [-0.2, -0.15) is 0 Å². The molecule has 0 saturated heterocycles. The molecule has 0 unspecified atom stereocenters. The van der Waals surface area contributed by atoms with Gasteiger partial charge in [0.2, 0.25) is 0 Å². The lowest BCUT2D eigenvalue weighted by Gasteiger charge is -2.27. The van der Waals surface area contributed by atoms with E-state index in [4.69, 9.17) is 0 Å². The molecule has 0 aliphatic carbocycles. The standard InChI is InChI=1S/C52H36N2/c1-3-14-37(15-4-1)39-26-31-43(32-27-39)53(44-33-28-40(29-34-44)38-16-5-2-6-17-38)45-20-13-19-42(36-45)52-46-21-8-7-18-41(46)30-35-51(52)54-49-24-11-9-22-47(49)48-23-10-12-25-50(48)54/h1-36H. The van der Waals surface area contributed by atoms with Crippen molar-refractivity contribution in [1.82, 2.24) is 4.57 Å². The molecule has 10 rings (SSSR count). The second kappa shape index (κ2) is 13.4. The number of para-hydroxylation sites is 2. The van der Waals surface area contributed by atoms with E-state index in [1.807, 2.05) is 0 Å². The summed E-state index contributed by atoms with van der Waals surface area (Å²) in [5, 5.41) is 4.95. The molecule has 0 fully saturated rings. The summed E-state index contributed by atoms with van der Waals surface area (Å²) >= 11 is 0. The highest BCUT2D eigenvalue weighted by atomic mass is 15.1. The van der Waals surface area contributed by atoms with Crippen molar-refractivity contribution >= 4 is 49.6 Å². The van der Waals surface area contributed by atoms with Crippen molar-refractivity contribution in [3.05, 3.63) is 218 Å². The lowest BCUT2D eigenvalue weighted by atomic mass is 9.95. The second-order valence-corrected chi connectivity index (χ2v) is 13.8. The van der Waals surface area contributed by atoms with Gasteiger partial charge in [-0.3, -0.25) is 0 Å². The molecule has 254 valence electrons. The first kappa shape index (κ1) is 31.6. The zero-order valence-electron chi connectivity index (χ0n) is 29.7. The van der Waals surface area contributed by atoms with Crippen molar-refractivity contribution in [3.8, 4) is 39.1 Å². The van der Waals surface area contributed by atoms with Crippen LogP contribution in [0.3, 0.4) is 0 Å². The highest BCUT2D eigenvalue weighted by molar-refractivity contribution is 6.11. The summed E-state index contributed by atoms with van der Waals surface area (Å²) in [4.78, 5) is 2.37. The Labute approximate surface area is 315 Å². The molecular weight excluding hydrogens is 653 g/mol. The highest BCUT2D eigenvalue weighted by Crippen LogP contribution is 2.43. The molecule has 0 atom stereocenters. The molecule has 0 N–H and O–H groups in total. The van der Waals surface area contributed by atoms with Gasteiger partial charge in [0, 0.05) is 33.4 Å². The zero-order chi connectivity index (χ0) is 35.8. The van der Waals surface area contributed by atoms with E-state index in [0.29, 0.717) is 0 Å². The van der Waals surface area contributed by atoms with Crippen molar-refractivity contribution < 1.29 is 0 Å². The van der Waals surface area contributed by atoms with E-state index in [0.717, 1.165) is 28.3 Å². The number of anilines is 3. The number of benzene rings is 9. The van der Waals surface area contributed by atoms with Gasteiger partial charge >= 0.3 is 0 Å². The van der Waals surface area contributed by atoms with Crippen molar-refractivity contribution in [2.45, 2.75) is 0 Å².